The minimum Gasteiger partial charge on any atom is -0.353 e. The Morgan fingerprint density at radius 1 is 0.576 bits per heavy atom. The average molecular weight is 433 g/mol. The quantitative estimate of drug-likeness (QED) is 0.340. The lowest BCUT2D eigenvalue weighted by Gasteiger charge is -2.31. The summed E-state index contributed by atoms with van der Waals surface area (Å²) in [6.45, 7) is 5.32. The summed E-state index contributed by atoms with van der Waals surface area (Å²) in [7, 11) is 2.18. The van der Waals surface area contributed by atoms with E-state index in [1.807, 2.05) is 0 Å². The maximum Gasteiger partial charge on any atom is 0.103 e. The lowest BCUT2D eigenvalue weighted by Crippen LogP contribution is -2.36. The van der Waals surface area contributed by atoms with Crippen LogP contribution in [0.3, 0.4) is 0 Å². The van der Waals surface area contributed by atoms with Gasteiger partial charge in [0.1, 0.15) is 12.8 Å². The first kappa shape index (κ1) is 19.7. The van der Waals surface area contributed by atoms with Crippen molar-refractivity contribution in [1.82, 2.24) is 0 Å². The predicted molar refractivity (Wildman–Crippen MR) is 140 cm³/mol. The van der Waals surface area contributed by atoms with E-state index < -0.39 is 0 Å². The Labute approximate surface area is 195 Å². The maximum atomic E-state index is 2.46. The summed E-state index contributed by atoms with van der Waals surface area (Å²) in [5, 5.41) is 0. The van der Waals surface area contributed by atoms with Crippen molar-refractivity contribution < 1.29 is 0 Å². The van der Waals surface area contributed by atoms with Crippen molar-refractivity contribution in [2.45, 2.75) is 20.0 Å². The van der Waals surface area contributed by atoms with Crippen LogP contribution in [0.25, 0.3) is 0 Å². The van der Waals surface area contributed by atoms with Gasteiger partial charge in [0.2, 0.25) is 0 Å². The second-order valence-corrected chi connectivity index (χ2v) is 8.84. The number of nitrogens with zero attached hydrogens (tertiary/aromatic N) is 4. The van der Waals surface area contributed by atoms with Crippen LogP contribution in [0, 0.1) is 6.92 Å². The average Bonchev–Trinajstić information content (AvgIpc) is 3.36. The van der Waals surface area contributed by atoms with Crippen LogP contribution in [-0.2, 0) is 0 Å². The highest BCUT2D eigenvalue weighted by atomic mass is 15.4. The van der Waals surface area contributed by atoms with Gasteiger partial charge in [-0.2, -0.15) is 0 Å². The lowest BCUT2D eigenvalue weighted by atomic mass is 10.1. The Kier molecular flexibility index (Phi) is 4.54. The van der Waals surface area contributed by atoms with Crippen molar-refractivity contribution in [2.24, 2.45) is 0 Å². The summed E-state index contributed by atoms with van der Waals surface area (Å²) in [5.41, 5.74) is 10.0. The Morgan fingerprint density at radius 2 is 1.12 bits per heavy atom. The van der Waals surface area contributed by atoms with Gasteiger partial charge < -0.3 is 19.6 Å². The van der Waals surface area contributed by atoms with Gasteiger partial charge in [-0.1, -0.05) is 48.5 Å². The van der Waals surface area contributed by atoms with E-state index in [1.54, 1.807) is 0 Å². The molecule has 0 N–H and O–H groups in total. The molecule has 164 valence electrons. The highest BCUT2D eigenvalue weighted by molar-refractivity contribution is 5.90. The van der Waals surface area contributed by atoms with E-state index in [0.29, 0.717) is 0 Å². The first-order valence-electron chi connectivity index (χ1n) is 11.5. The molecule has 4 aromatic rings. The Balaban J connectivity index is 1.45. The van der Waals surface area contributed by atoms with E-state index in [1.165, 1.54) is 45.4 Å². The molecule has 2 aliphatic rings. The fraction of sp³-hybridized carbons (Fsp3) is 0.172. The third kappa shape index (κ3) is 2.98. The molecule has 1 atom stereocenters. The fourth-order valence-corrected chi connectivity index (χ4v) is 5.29. The van der Waals surface area contributed by atoms with Crippen molar-refractivity contribution in [3.05, 3.63) is 103 Å². The van der Waals surface area contributed by atoms with Gasteiger partial charge in [-0.15, -0.1) is 0 Å². The molecule has 0 aromatic heterocycles. The van der Waals surface area contributed by atoms with Crippen molar-refractivity contribution in [1.29, 1.82) is 0 Å². The van der Waals surface area contributed by atoms with Crippen LogP contribution in [-0.4, -0.2) is 19.9 Å². The van der Waals surface area contributed by atoms with Crippen molar-refractivity contribution in [3.8, 4) is 0 Å². The van der Waals surface area contributed by atoms with Gasteiger partial charge in [-0.25, -0.2) is 0 Å². The largest absolute Gasteiger partial charge is 0.353 e. The molecule has 4 aromatic carbocycles. The van der Waals surface area contributed by atoms with Crippen LogP contribution in [0.2, 0.25) is 0 Å². The molecule has 0 amide bonds. The highest BCUT2D eigenvalue weighted by Crippen LogP contribution is 2.48. The number of anilines is 7. The standard InChI is InChI=1S/C29H28N4/c1-21-24(18-11-19-25(21)33-22(2)30(3)26-14-7-10-17-29(26)33)32-20-31(23-12-5-4-6-13-23)27-15-8-9-16-28(27)32/h4-19,22H,20H2,1-3H3/t22-/m0/s1. The summed E-state index contributed by atoms with van der Waals surface area (Å²) >= 11 is 0. The van der Waals surface area contributed by atoms with Gasteiger partial charge >= 0.3 is 0 Å². The molecule has 4 nitrogen and oxygen atoms in total. The van der Waals surface area contributed by atoms with Crippen LogP contribution in [0.15, 0.2) is 97.1 Å². The van der Waals surface area contributed by atoms with Crippen LogP contribution < -0.4 is 19.6 Å². The third-order valence-electron chi connectivity index (χ3n) is 7.10. The Bertz CT molecular complexity index is 1320. The van der Waals surface area contributed by atoms with E-state index in [-0.39, 0.29) is 6.17 Å². The van der Waals surface area contributed by atoms with Crippen LogP contribution in [0.4, 0.5) is 39.8 Å². The topological polar surface area (TPSA) is 13.0 Å². The van der Waals surface area contributed by atoms with Crippen LogP contribution in [0.5, 0.6) is 0 Å². The summed E-state index contributed by atoms with van der Waals surface area (Å²) in [4.78, 5) is 9.65. The second-order valence-electron chi connectivity index (χ2n) is 8.84. The zero-order valence-corrected chi connectivity index (χ0v) is 19.3. The fourth-order valence-electron chi connectivity index (χ4n) is 5.29. The van der Waals surface area contributed by atoms with Crippen LogP contribution in [0.1, 0.15) is 12.5 Å². The lowest BCUT2D eigenvalue weighted by molar-refractivity contribution is 0.732. The molecule has 0 saturated heterocycles. The van der Waals surface area contributed by atoms with Crippen molar-refractivity contribution in [3.63, 3.8) is 0 Å². The zero-order valence-electron chi connectivity index (χ0n) is 19.3. The maximum absolute atomic E-state index is 2.46. The molecule has 0 spiro atoms. The first-order chi connectivity index (χ1) is 16.1. The molecule has 0 aliphatic carbocycles. The van der Waals surface area contributed by atoms with E-state index >= 15 is 0 Å². The molecule has 0 unspecified atom stereocenters. The normalized spacial score (nSPS) is 16.9. The van der Waals surface area contributed by atoms with Gasteiger partial charge in [0.15, 0.2) is 0 Å². The van der Waals surface area contributed by atoms with E-state index in [9.17, 15) is 0 Å². The smallest absolute Gasteiger partial charge is 0.103 e. The molecular formula is C29H28N4. The van der Waals surface area contributed by atoms with Crippen molar-refractivity contribution in [2.75, 3.05) is 33.3 Å². The predicted octanol–water partition coefficient (Wildman–Crippen LogP) is 7.18. The summed E-state index contributed by atoms with van der Waals surface area (Å²) in [6, 6.07) is 34.7. The number of rotatable bonds is 3. The van der Waals surface area contributed by atoms with E-state index in [4.69, 9.17) is 0 Å². The molecule has 0 saturated carbocycles. The zero-order chi connectivity index (χ0) is 22.5. The minimum atomic E-state index is 0.253. The first-order valence-corrected chi connectivity index (χ1v) is 11.5. The summed E-state index contributed by atoms with van der Waals surface area (Å²) < 4.78 is 0. The van der Waals surface area contributed by atoms with Crippen molar-refractivity contribution >= 4 is 39.8 Å². The Hall–Kier alpha value is -3.92. The molecule has 0 fully saturated rings. The summed E-state index contributed by atoms with van der Waals surface area (Å²) in [5.74, 6) is 0. The molecule has 2 aliphatic heterocycles. The Morgan fingerprint density at radius 3 is 1.85 bits per heavy atom. The van der Waals surface area contributed by atoms with Crippen LogP contribution >= 0.6 is 0 Å². The molecule has 4 heteroatoms. The van der Waals surface area contributed by atoms with Gasteiger partial charge in [0.25, 0.3) is 0 Å². The van der Waals surface area contributed by atoms with Gasteiger partial charge in [-0.05, 0) is 67.9 Å². The SMILES string of the molecule is Cc1c(N2CN(c3ccccc3)c3ccccc32)cccc1N1c2ccccc2N(C)[C@@H]1C. The number of fused-ring (bicyclic) bond motifs is 2. The van der Waals surface area contributed by atoms with E-state index in [0.717, 1.165) is 6.67 Å². The number of benzene rings is 4. The van der Waals surface area contributed by atoms with Gasteiger partial charge in [0.05, 0.1) is 22.7 Å². The van der Waals surface area contributed by atoms with Gasteiger partial charge in [-0.3, -0.25) is 0 Å². The summed E-state index contributed by atoms with van der Waals surface area (Å²) in [6.07, 6.45) is 0.253. The molecule has 0 radical (unpaired) electrons. The molecule has 2 heterocycles. The highest BCUT2D eigenvalue weighted by Gasteiger charge is 2.34. The number of hydrogen-bond acceptors (Lipinski definition) is 4. The van der Waals surface area contributed by atoms with E-state index in [2.05, 4.69) is 138 Å². The monoisotopic (exact) mass is 432 g/mol. The number of para-hydroxylation sites is 5. The third-order valence-corrected chi connectivity index (χ3v) is 7.10. The number of hydrogen-bond donors (Lipinski definition) is 0. The van der Waals surface area contributed by atoms with Gasteiger partial charge in [0, 0.05) is 24.1 Å². The minimum absolute atomic E-state index is 0.253. The molecule has 33 heavy (non-hydrogen) atoms. The second kappa shape index (κ2) is 7.59. The molecular weight excluding hydrogens is 404 g/mol. The molecule has 0 bridgehead atoms. The molecule has 6 rings (SSSR count).